The second kappa shape index (κ2) is 39.0. The molecule has 3 aliphatic heterocycles. The molecule has 25 heteroatoms. The van der Waals surface area contributed by atoms with Crippen LogP contribution in [0.3, 0.4) is 0 Å². The maximum atomic E-state index is 14.6. The first-order valence-electron chi connectivity index (χ1n) is 38.9. The average molecular weight is 1580 g/mol. The number of unbranched alkanes of at least 4 members (excludes halogenated alkanes) is 7. The number of aryl methyl sites for hydroxylation is 1. The minimum absolute atomic E-state index is 0.00412. The third kappa shape index (κ3) is 24.1. The maximum Gasteiger partial charge on any atom is 0.501 e. The summed E-state index contributed by atoms with van der Waals surface area (Å²) in [6.07, 6.45) is 15.5. The number of amides is 2. The Bertz CT molecular complexity index is 4130. The molecule has 0 spiro atoms. The fraction of sp³-hybridized carbons (Fsp3) is 0.554. The minimum Gasteiger partial charge on any atom is -0.392 e. The molecule has 3 fully saturated rings. The van der Waals surface area contributed by atoms with Crippen molar-refractivity contribution in [3.8, 4) is 10.4 Å². The highest BCUT2D eigenvalue weighted by Crippen LogP contribution is 2.44. The number of sulfone groups is 1. The number of aromatic nitrogens is 1. The van der Waals surface area contributed by atoms with Crippen LogP contribution in [0.25, 0.3) is 16.0 Å². The van der Waals surface area contributed by atoms with E-state index >= 15 is 0 Å². The molecule has 5 atom stereocenters. The molecule has 0 bridgehead atoms. The first-order chi connectivity index (χ1) is 51.5. The number of halogens is 4. The van der Waals surface area contributed by atoms with Crippen molar-refractivity contribution in [1.29, 1.82) is 0 Å². The van der Waals surface area contributed by atoms with Crippen molar-refractivity contribution in [3.63, 3.8) is 0 Å². The van der Waals surface area contributed by atoms with Crippen molar-refractivity contribution in [2.45, 2.75) is 208 Å². The van der Waals surface area contributed by atoms with Gasteiger partial charge in [-0.3, -0.25) is 19.4 Å². The summed E-state index contributed by atoms with van der Waals surface area (Å²) in [5.41, 5.74) is 3.95. The Morgan fingerprint density at radius 3 is 2.06 bits per heavy atom. The zero-order valence-electron chi connectivity index (χ0n) is 64.2. The second-order valence-corrected chi connectivity index (χ2v) is 37.9. The summed E-state index contributed by atoms with van der Waals surface area (Å²) in [6, 6.07) is 34.4. The van der Waals surface area contributed by atoms with Crippen LogP contribution in [0.1, 0.15) is 171 Å². The highest BCUT2D eigenvalue weighted by Gasteiger charge is 2.49. The molecule has 0 radical (unpaired) electrons. The number of piperazine rings is 2. The summed E-state index contributed by atoms with van der Waals surface area (Å²) < 4.78 is 101. The number of benzene rings is 5. The molecule has 1 aliphatic carbocycles. The predicted octanol–water partition coefficient (Wildman–Crippen LogP) is 16.0. The summed E-state index contributed by atoms with van der Waals surface area (Å²) >= 11 is 9.34. The van der Waals surface area contributed by atoms with Crippen LogP contribution in [0, 0.1) is 17.8 Å². The number of alkyl halides is 3. The quantitative estimate of drug-likeness (QED) is 0.0182. The van der Waals surface area contributed by atoms with Crippen LogP contribution in [0.4, 0.5) is 24.5 Å². The molecule has 590 valence electrons. The Labute approximate surface area is 654 Å². The van der Waals surface area contributed by atoms with E-state index in [9.17, 15) is 44.7 Å². The van der Waals surface area contributed by atoms with Crippen LogP contribution >= 0.6 is 34.7 Å². The number of hydrogen-bond acceptors (Lipinski definition) is 17. The van der Waals surface area contributed by atoms with Gasteiger partial charge in [-0.15, -0.1) is 23.1 Å². The molecule has 2 unspecified atom stereocenters. The Balaban J connectivity index is 0.654. The van der Waals surface area contributed by atoms with Gasteiger partial charge in [-0.1, -0.05) is 158 Å². The third-order valence-corrected chi connectivity index (χ3v) is 27.3. The van der Waals surface area contributed by atoms with Crippen molar-refractivity contribution < 1.29 is 44.7 Å². The summed E-state index contributed by atoms with van der Waals surface area (Å²) in [5.74, 6) is -0.687. The summed E-state index contributed by atoms with van der Waals surface area (Å²) in [4.78, 5) is 43.7. The Kier molecular flexibility index (Phi) is 30.6. The molecule has 17 nitrogen and oxygen atoms in total. The van der Waals surface area contributed by atoms with Crippen molar-refractivity contribution in [3.05, 3.63) is 160 Å². The number of thiazole rings is 1. The molecule has 1 aromatic heterocycles. The normalized spacial score (nSPS) is 19.0. The van der Waals surface area contributed by atoms with E-state index in [0.717, 1.165) is 187 Å². The van der Waals surface area contributed by atoms with Gasteiger partial charge in [0.2, 0.25) is 5.91 Å². The molecule has 4 aliphatic rings. The monoisotopic (exact) mass is 1580 g/mol. The largest absolute Gasteiger partial charge is 0.501 e. The highest BCUT2D eigenvalue weighted by atomic mass is 35.5. The number of carbonyl (C=O) groups is 2. The van der Waals surface area contributed by atoms with Gasteiger partial charge in [-0.25, -0.2) is 26.5 Å². The summed E-state index contributed by atoms with van der Waals surface area (Å²) in [6.45, 7) is 26.5. The van der Waals surface area contributed by atoms with Gasteiger partial charge in [0.15, 0.2) is 0 Å². The number of β-amino-alcohol motifs (C(OH)–C–C–N with tert-alkyl or cyclic N) is 1. The van der Waals surface area contributed by atoms with Crippen LogP contribution in [0.5, 0.6) is 0 Å². The van der Waals surface area contributed by atoms with Crippen LogP contribution < -0.4 is 25.6 Å². The number of aliphatic hydroxyl groups excluding tert-OH is 1. The van der Waals surface area contributed by atoms with E-state index < -0.39 is 58.9 Å². The second-order valence-electron chi connectivity index (χ2n) is 31.9. The molecule has 2 amide bonds. The van der Waals surface area contributed by atoms with Gasteiger partial charge in [0, 0.05) is 124 Å². The van der Waals surface area contributed by atoms with Gasteiger partial charge in [0.1, 0.15) is 4.90 Å². The van der Waals surface area contributed by atoms with Gasteiger partial charge >= 0.3 is 5.51 Å². The average Bonchev–Trinajstić information content (AvgIpc) is 1.01. The van der Waals surface area contributed by atoms with Crippen molar-refractivity contribution >= 4 is 83.3 Å². The number of rotatable bonds is 37. The van der Waals surface area contributed by atoms with Crippen molar-refractivity contribution in [1.82, 2.24) is 39.9 Å². The lowest BCUT2D eigenvalue weighted by molar-refractivity contribution is -0.126. The Morgan fingerprint density at radius 2 is 1.42 bits per heavy atom. The van der Waals surface area contributed by atoms with Gasteiger partial charge in [-0.2, -0.15) is 13.2 Å². The molecule has 5 N–H and O–H groups in total. The lowest BCUT2D eigenvalue weighted by atomic mass is 9.73. The van der Waals surface area contributed by atoms with Crippen LogP contribution in [0.2, 0.25) is 5.02 Å². The topological polar surface area (TPSA) is 200 Å². The fourth-order valence-corrected chi connectivity index (χ4v) is 19.5. The molecular formula is C83H114ClF3N10O7S4. The van der Waals surface area contributed by atoms with E-state index in [0.29, 0.717) is 49.3 Å². The number of anilines is 2. The van der Waals surface area contributed by atoms with E-state index in [2.05, 4.69) is 123 Å². The Morgan fingerprint density at radius 1 is 0.769 bits per heavy atom. The molecule has 6 aromatic rings. The van der Waals surface area contributed by atoms with E-state index in [1.54, 1.807) is 23.5 Å². The number of carbonyl (C=O) groups excluding carboxylic acids is 2. The predicted molar refractivity (Wildman–Crippen MR) is 434 cm³/mol. The van der Waals surface area contributed by atoms with Gasteiger partial charge in [-0.05, 0) is 178 Å². The lowest BCUT2D eigenvalue weighted by Gasteiger charge is -2.39. The third-order valence-electron chi connectivity index (χ3n) is 22.0. The van der Waals surface area contributed by atoms with Gasteiger partial charge in [0.05, 0.1) is 38.8 Å². The Hall–Kier alpha value is -5.90. The maximum absolute atomic E-state index is 14.6. The first-order valence-corrected chi connectivity index (χ1v) is 44.1. The molecule has 10 rings (SSSR count). The smallest absolute Gasteiger partial charge is 0.392 e. The van der Waals surface area contributed by atoms with Crippen LogP contribution in [0.15, 0.2) is 147 Å². The standard InChI is InChI=1S/C83H114ClF3N10O7S4/c1-8-9-20-69(97-57-70(98)52-75(97)80(100)89-55-61-23-25-63(26-24-61)78-60(2)90-59-106-78)51-77(81(3,4)5)88-40-18-13-11-10-12-14-19-41-93-43-45-94(46-44-93)42-38-67(58-105-71-21-16-15-17-22-71)91-74-36-35-72(53-76(74)107(101,102)83(85,86)87)108(103,104)92-79(99)64-29-33-68(34-30-64)96-49-47-95(48-50-96)56-65-54-82(6,7)39-37-73(65)62-27-31-66(84)32-28-62/h15-17,21-36,53,59,67,69-70,75,77,88,91,98H,8-14,18-20,37-52,54-58H2,1-7H3,(H,89,100)(H,92,99)/t67?,69-,70+,75-,77?/m0/s1. The van der Waals surface area contributed by atoms with Gasteiger partial charge < -0.3 is 35.8 Å². The SMILES string of the molecule is CCCC[C@@H](CC(NCCCCCCCCCN1CCN(CCC(CSc2ccccc2)Nc2ccc(S(=O)(=O)NC(=O)c3ccc(N4CCN(CC5=C(c6ccc(Cl)cc6)CCC(C)(C)C5)CC4)cc3)cc2S(=O)(=O)C(F)(F)F)CC1)C(C)(C)C)N1C[C@H](O)C[C@H]1C(=O)NCc1ccc(-c2scnc2C)cc1. The number of nitrogens with one attached hydrogen (secondary N) is 4. The molecular weight excluding hydrogens is 1470 g/mol. The van der Waals surface area contributed by atoms with E-state index in [4.69, 9.17) is 11.6 Å². The molecule has 5 aromatic carbocycles. The summed E-state index contributed by atoms with van der Waals surface area (Å²) in [7, 11) is -11.0. The first kappa shape index (κ1) is 84.5. The molecule has 0 saturated carbocycles. The van der Waals surface area contributed by atoms with Crippen molar-refractivity contribution in [2.24, 2.45) is 10.8 Å². The van der Waals surface area contributed by atoms with E-state index in [1.165, 1.54) is 59.9 Å². The zero-order valence-corrected chi connectivity index (χ0v) is 68.2. The number of nitrogens with zero attached hydrogens (tertiary/aromatic N) is 6. The molecule has 3 saturated heterocycles. The number of sulfonamides is 1. The number of hydrogen-bond donors (Lipinski definition) is 5. The molecule has 4 heterocycles. The number of likely N-dealkylation sites (tertiary alicyclic amines) is 1. The van der Waals surface area contributed by atoms with E-state index in [-0.39, 0.29) is 40.4 Å². The van der Waals surface area contributed by atoms with Crippen LogP contribution in [-0.2, 0) is 31.2 Å². The van der Waals surface area contributed by atoms with Crippen molar-refractivity contribution in [2.75, 3.05) is 101 Å². The van der Waals surface area contributed by atoms with E-state index in [1.807, 2.05) is 59.6 Å². The molecule has 108 heavy (non-hydrogen) atoms. The van der Waals surface area contributed by atoms with Gasteiger partial charge in [0.25, 0.3) is 25.8 Å². The number of thioether (sulfide) groups is 1. The van der Waals surface area contributed by atoms with Crippen LogP contribution in [-0.4, -0.2) is 185 Å². The minimum atomic E-state index is -6.11. The highest BCUT2D eigenvalue weighted by molar-refractivity contribution is 7.99. The lowest BCUT2D eigenvalue weighted by Crippen LogP contribution is -2.51. The number of allylic oxidation sites excluding steroid dienone is 1. The fourth-order valence-electron chi connectivity index (χ4n) is 15.6. The summed E-state index contributed by atoms with van der Waals surface area (Å²) in [5, 5.41) is 22.0. The number of aliphatic hydroxyl groups is 1. The zero-order chi connectivity index (χ0) is 77.2.